The number of halogens is 2. The van der Waals surface area contributed by atoms with Gasteiger partial charge >= 0.3 is 0 Å². The third-order valence-electron chi connectivity index (χ3n) is 3.62. The van der Waals surface area contributed by atoms with E-state index in [-0.39, 0.29) is 23.2 Å². The first-order valence-corrected chi connectivity index (χ1v) is 8.37. The Hall–Kier alpha value is -2.99. The molecule has 0 aliphatic heterocycles. The van der Waals surface area contributed by atoms with Gasteiger partial charge in [-0.2, -0.15) is 0 Å². The maximum absolute atomic E-state index is 13.7. The lowest BCUT2D eigenvalue weighted by Gasteiger charge is -2.08. The van der Waals surface area contributed by atoms with Crippen molar-refractivity contribution in [3.05, 3.63) is 82.9 Å². The van der Waals surface area contributed by atoms with Gasteiger partial charge in [0.2, 0.25) is 5.95 Å². The molecule has 132 valence electrons. The summed E-state index contributed by atoms with van der Waals surface area (Å²) in [5.41, 5.74) is 1.52. The molecule has 0 atom stereocenters. The first-order valence-electron chi connectivity index (χ1n) is 7.99. The Morgan fingerprint density at radius 2 is 1.85 bits per heavy atom. The predicted molar refractivity (Wildman–Crippen MR) is 99.2 cm³/mol. The van der Waals surface area contributed by atoms with E-state index in [1.54, 1.807) is 18.2 Å². The van der Waals surface area contributed by atoms with Crippen LogP contribution in [0.5, 0.6) is 0 Å². The fourth-order valence-corrected chi connectivity index (χ4v) is 2.42. The van der Waals surface area contributed by atoms with Crippen LogP contribution in [-0.4, -0.2) is 22.4 Å². The van der Waals surface area contributed by atoms with E-state index in [2.05, 4.69) is 20.6 Å². The van der Waals surface area contributed by atoms with Gasteiger partial charge in [0, 0.05) is 17.8 Å². The van der Waals surface area contributed by atoms with E-state index in [0.29, 0.717) is 18.0 Å². The van der Waals surface area contributed by atoms with Crippen LogP contribution in [0.25, 0.3) is 0 Å². The number of rotatable bonds is 6. The fourth-order valence-electron chi connectivity index (χ4n) is 2.29. The molecule has 1 aromatic heterocycles. The maximum Gasteiger partial charge on any atom is 0.270 e. The third-order valence-corrected chi connectivity index (χ3v) is 3.87. The zero-order valence-electron chi connectivity index (χ0n) is 13.7. The Balaban J connectivity index is 1.59. The van der Waals surface area contributed by atoms with Crippen LogP contribution >= 0.6 is 11.6 Å². The van der Waals surface area contributed by atoms with Gasteiger partial charge in [-0.3, -0.25) is 4.79 Å². The highest BCUT2D eigenvalue weighted by Gasteiger charge is 2.09. The number of aromatic nitrogens is 2. The predicted octanol–water partition coefficient (Wildman–Crippen LogP) is 3.99. The number of amides is 1. The molecule has 1 amide bonds. The lowest BCUT2D eigenvalue weighted by atomic mass is 10.1. The van der Waals surface area contributed by atoms with E-state index in [9.17, 15) is 9.18 Å². The summed E-state index contributed by atoms with van der Waals surface area (Å²) in [7, 11) is 0. The van der Waals surface area contributed by atoms with Crippen LogP contribution in [0.4, 0.5) is 16.0 Å². The van der Waals surface area contributed by atoms with Gasteiger partial charge < -0.3 is 10.6 Å². The lowest BCUT2D eigenvalue weighted by Crippen LogP contribution is -2.26. The van der Waals surface area contributed by atoms with Crippen LogP contribution in [0.3, 0.4) is 0 Å². The van der Waals surface area contributed by atoms with E-state index in [4.69, 9.17) is 11.6 Å². The van der Waals surface area contributed by atoms with Crippen molar-refractivity contribution in [3.63, 3.8) is 0 Å². The maximum atomic E-state index is 13.7. The molecule has 0 fully saturated rings. The first kappa shape index (κ1) is 17.8. The second-order valence-electron chi connectivity index (χ2n) is 5.50. The van der Waals surface area contributed by atoms with Crippen LogP contribution in [-0.2, 0) is 6.42 Å². The number of nitrogens with zero attached hydrogens (tertiary/aromatic N) is 2. The van der Waals surface area contributed by atoms with Crippen LogP contribution in [0.1, 0.15) is 16.1 Å². The second kappa shape index (κ2) is 8.40. The summed E-state index contributed by atoms with van der Waals surface area (Å²) >= 11 is 5.85. The highest BCUT2D eigenvalue weighted by Crippen LogP contribution is 2.16. The lowest BCUT2D eigenvalue weighted by molar-refractivity contribution is 0.0949. The Labute approximate surface area is 155 Å². The van der Waals surface area contributed by atoms with Crippen molar-refractivity contribution in [2.75, 3.05) is 11.9 Å². The van der Waals surface area contributed by atoms with Crippen LogP contribution < -0.4 is 10.6 Å². The van der Waals surface area contributed by atoms with Crippen molar-refractivity contribution in [2.45, 2.75) is 6.42 Å². The number of carbonyl (C=O) groups is 1. The Kier molecular flexibility index (Phi) is 5.76. The molecule has 5 nitrogen and oxygen atoms in total. The van der Waals surface area contributed by atoms with Crippen LogP contribution in [0.2, 0.25) is 5.02 Å². The van der Waals surface area contributed by atoms with Gasteiger partial charge in [0.25, 0.3) is 5.91 Å². The molecule has 26 heavy (non-hydrogen) atoms. The summed E-state index contributed by atoms with van der Waals surface area (Å²) in [6.07, 6.45) is 2.12. The molecule has 3 aromatic rings. The van der Waals surface area contributed by atoms with Crippen molar-refractivity contribution >= 4 is 29.1 Å². The van der Waals surface area contributed by atoms with Gasteiger partial charge in [-0.1, -0.05) is 35.9 Å². The highest BCUT2D eigenvalue weighted by atomic mass is 35.5. The number of anilines is 2. The summed E-state index contributed by atoms with van der Waals surface area (Å²) in [6.45, 7) is 0.459. The van der Waals surface area contributed by atoms with Gasteiger partial charge in [0.05, 0.1) is 5.69 Å². The molecular weight excluding hydrogens is 355 g/mol. The number of carbonyl (C=O) groups excluding carboxylic acids is 1. The zero-order valence-corrected chi connectivity index (χ0v) is 14.5. The van der Waals surface area contributed by atoms with Crippen molar-refractivity contribution in [1.82, 2.24) is 15.3 Å². The van der Waals surface area contributed by atoms with Gasteiger partial charge in [-0.15, -0.1) is 0 Å². The molecule has 2 N–H and O–H groups in total. The number of benzene rings is 2. The molecule has 0 aliphatic rings. The summed E-state index contributed by atoms with van der Waals surface area (Å²) in [4.78, 5) is 20.4. The molecule has 1 heterocycles. The normalized spacial score (nSPS) is 10.4. The number of para-hydroxylation sites is 1. The molecule has 0 unspecified atom stereocenters. The third kappa shape index (κ3) is 4.77. The van der Waals surface area contributed by atoms with Crippen molar-refractivity contribution < 1.29 is 9.18 Å². The quantitative estimate of drug-likeness (QED) is 0.688. The van der Waals surface area contributed by atoms with E-state index in [1.165, 1.54) is 18.3 Å². The van der Waals surface area contributed by atoms with Crippen LogP contribution in [0.15, 0.2) is 60.8 Å². The van der Waals surface area contributed by atoms with Crippen molar-refractivity contribution in [1.29, 1.82) is 0 Å². The molecule has 0 bridgehead atoms. The standard InChI is InChI=1S/C19H16ClFN4O/c20-14-7-5-13(6-8-14)9-11-22-18(26)17-10-12-23-19(25-17)24-16-4-2-1-3-15(16)21/h1-8,10,12H,9,11H2,(H,22,26)(H,23,24,25). The van der Waals surface area contributed by atoms with Gasteiger partial charge in [-0.25, -0.2) is 14.4 Å². The average Bonchev–Trinajstić information content (AvgIpc) is 2.65. The molecule has 0 saturated carbocycles. The zero-order chi connectivity index (χ0) is 18.4. The monoisotopic (exact) mass is 370 g/mol. The Bertz CT molecular complexity index is 902. The average molecular weight is 371 g/mol. The molecule has 3 rings (SSSR count). The van der Waals surface area contributed by atoms with E-state index in [1.807, 2.05) is 24.3 Å². The minimum Gasteiger partial charge on any atom is -0.350 e. The smallest absolute Gasteiger partial charge is 0.270 e. The van der Waals surface area contributed by atoms with E-state index >= 15 is 0 Å². The van der Waals surface area contributed by atoms with Crippen molar-refractivity contribution in [3.8, 4) is 0 Å². The number of hydrogen-bond acceptors (Lipinski definition) is 4. The number of nitrogens with one attached hydrogen (secondary N) is 2. The van der Waals surface area contributed by atoms with Gasteiger partial charge in [-0.05, 0) is 42.3 Å². The second-order valence-corrected chi connectivity index (χ2v) is 5.94. The summed E-state index contributed by atoms with van der Waals surface area (Å²) < 4.78 is 13.7. The number of hydrogen-bond donors (Lipinski definition) is 2. The van der Waals surface area contributed by atoms with Crippen molar-refractivity contribution in [2.24, 2.45) is 0 Å². The van der Waals surface area contributed by atoms with Gasteiger partial charge in [0.15, 0.2) is 0 Å². The fraction of sp³-hybridized carbons (Fsp3) is 0.105. The molecule has 0 saturated heterocycles. The van der Waals surface area contributed by atoms with E-state index in [0.717, 1.165) is 5.56 Å². The topological polar surface area (TPSA) is 66.9 Å². The van der Waals surface area contributed by atoms with E-state index < -0.39 is 5.82 Å². The summed E-state index contributed by atoms with van der Waals surface area (Å²) in [5.74, 6) is -0.590. The first-order chi connectivity index (χ1) is 12.6. The highest BCUT2D eigenvalue weighted by molar-refractivity contribution is 6.30. The molecule has 0 aliphatic carbocycles. The molecular formula is C19H16ClFN4O. The summed E-state index contributed by atoms with van der Waals surface area (Å²) in [6, 6.07) is 15.1. The van der Waals surface area contributed by atoms with Gasteiger partial charge in [0.1, 0.15) is 11.5 Å². The molecule has 2 aromatic carbocycles. The molecule has 7 heteroatoms. The molecule has 0 radical (unpaired) electrons. The molecule has 0 spiro atoms. The SMILES string of the molecule is O=C(NCCc1ccc(Cl)cc1)c1ccnc(Nc2ccccc2F)n1. The largest absolute Gasteiger partial charge is 0.350 e. The minimum atomic E-state index is -0.422. The Morgan fingerprint density at radius 3 is 2.62 bits per heavy atom. The van der Waals surface area contributed by atoms with Crippen LogP contribution in [0, 0.1) is 5.82 Å². The summed E-state index contributed by atoms with van der Waals surface area (Å²) in [5, 5.41) is 6.24. The minimum absolute atomic E-state index is 0.153. The Morgan fingerprint density at radius 1 is 1.08 bits per heavy atom.